The van der Waals surface area contributed by atoms with E-state index in [-0.39, 0.29) is 5.91 Å². The summed E-state index contributed by atoms with van der Waals surface area (Å²) in [6.07, 6.45) is 0.892. The van der Waals surface area contributed by atoms with Crippen molar-refractivity contribution in [3.63, 3.8) is 0 Å². The molecule has 0 radical (unpaired) electrons. The number of nitrogens with one attached hydrogen (secondary N) is 2. The van der Waals surface area contributed by atoms with Crippen molar-refractivity contribution in [3.8, 4) is 0 Å². The van der Waals surface area contributed by atoms with Gasteiger partial charge < -0.3 is 5.32 Å². The molecule has 2 N–H and O–H groups in total. The van der Waals surface area contributed by atoms with E-state index in [4.69, 9.17) is 4.84 Å². The van der Waals surface area contributed by atoms with Crippen molar-refractivity contribution in [1.82, 2.24) is 10.8 Å². The molecule has 0 aromatic heterocycles. The van der Waals surface area contributed by atoms with Crippen LogP contribution in [-0.4, -0.2) is 19.1 Å². The number of amides is 1. The van der Waals surface area contributed by atoms with Crippen LogP contribution in [0.2, 0.25) is 0 Å². The van der Waals surface area contributed by atoms with Gasteiger partial charge in [0.2, 0.25) is 0 Å². The fourth-order valence-corrected chi connectivity index (χ4v) is 2.07. The molecule has 4 heteroatoms. The van der Waals surface area contributed by atoms with E-state index in [1.54, 1.807) is 0 Å². The first-order valence-corrected chi connectivity index (χ1v) is 6.42. The van der Waals surface area contributed by atoms with E-state index in [0.717, 1.165) is 30.6 Å². The molecule has 98 valence electrons. The number of hydrogen-bond acceptors (Lipinski definition) is 3. The van der Waals surface area contributed by atoms with E-state index >= 15 is 0 Å². The van der Waals surface area contributed by atoms with Gasteiger partial charge in [-0.1, -0.05) is 26.0 Å². The number of rotatable bonds is 4. The summed E-state index contributed by atoms with van der Waals surface area (Å²) >= 11 is 0. The molecule has 1 amide bonds. The third kappa shape index (κ3) is 3.09. The Morgan fingerprint density at radius 2 is 2.33 bits per heavy atom. The van der Waals surface area contributed by atoms with Gasteiger partial charge >= 0.3 is 0 Å². The highest BCUT2D eigenvalue weighted by Gasteiger charge is 2.17. The molecule has 1 aromatic rings. The van der Waals surface area contributed by atoms with Crippen LogP contribution in [0.15, 0.2) is 18.2 Å². The lowest BCUT2D eigenvalue weighted by Crippen LogP contribution is -2.30. The molecular formula is C14H20N2O2. The van der Waals surface area contributed by atoms with Gasteiger partial charge in [0, 0.05) is 12.1 Å². The number of fused-ring (bicyclic) bond motifs is 1. The van der Waals surface area contributed by atoms with E-state index in [1.807, 2.05) is 26.0 Å². The molecule has 0 saturated carbocycles. The molecule has 1 aliphatic rings. The number of hydroxylamine groups is 1. The zero-order chi connectivity index (χ0) is 13.0. The highest BCUT2D eigenvalue weighted by Crippen LogP contribution is 2.18. The van der Waals surface area contributed by atoms with Crippen LogP contribution >= 0.6 is 0 Å². The maximum Gasteiger partial charge on any atom is 0.275 e. The largest absolute Gasteiger partial charge is 0.312 e. The molecule has 0 spiro atoms. The first kappa shape index (κ1) is 13.1. The third-order valence-electron chi connectivity index (χ3n) is 2.97. The Bertz CT molecular complexity index is 430. The monoisotopic (exact) mass is 248 g/mol. The van der Waals surface area contributed by atoms with E-state index in [1.165, 1.54) is 5.56 Å². The van der Waals surface area contributed by atoms with Crippen LogP contribution in [0.25, 0.3) is 0 Å². The SMILES string of the molecule is CC(C)CONC(=O)c1cccc2c1CCNC2. The summed E-state index contributed by atoms with van der Waals surface area (Å²) in [7, 11) is 0. The Labute approximate surface area is 108 Å². The van der Waals surface area contributed by atoms with Crippen LogP contribution in [0.3, 0.4) is 0 Å². The fraction of sp³-hybridized carbons (Fsp3) is 0.500. The van der Waals surface area contributed by atoms with Crippen molar-refractivity contribution in [2.45, 2.75) is 26.8 Å². The second kappa shape index (κ2) is 5.98. The van der Waals surface area contributed by atoms with Gasteiger partial charge in [0.05, 0.1) is 6.61 Å². The first-order chi connectivity index (χ1) is 8.68. The minimum atomic E-state index is -0.144. The molecule has 0 atom stereocenters. The quantitative estimate of drug-likeness (QED) is 0.797. The summed E-state index contributed by atoms with van der Waals surface area (Å²) in [6.45, 7) is 6.38. The summed E-state index contributed by atoms with van der Waals surface area (Å²) in [5.41, 5.74) is 5.60. The second-order valence-corrected chi connectivity index (χ2v) is 5.01. The Morgan fingerprint density at radius 3 is 3.11 bits per heavy atom. The maximum atomic E-state index is 12.0. The highest BCUT2D eigenvalue weighted by molar-refractivity contribution is 5.95. The van der Waals surface area contributed by atoms with Crippen LogP contribution in [0.5, 0.6) is 0 Å². The molecule has 1 aromatic carbocycles. The van der Waals surface area contributed by atoms with E-state index in [2.05, 4.69) is 16.9 Å². The van der Waals surface area contributed by atoms with Crippen LogP contribution in [0.4, 0.5) is 0 Å². The molecule has 4 nitrogen and oxygen atoms in total. The van der Waals surface area contributed by atoms with Crippen LogP contribution in [0, 0.1) is 5.92 Å². The summed E-state index contributed by atoms with van der Waals surface area (Å²) in [5.74, 6) is 0.258. The summed E-state index contributed by atoms with van der Waals surface area (Å²) in [5, 5.41) is 3.30. The zero-order valence-electron chi connectivity index (χ0n) is 11.0. The van der Waals surface area contributed by atoms with Crippen molar-refractivity contribution >= 4 is 5.91 Å². The topological polar surface area (TPSA) is 50.4 Å². The smallest absolute Gasteiger partial charge is 0.275 e. The standard InChI is InChI=1S/C14H20N2O2/c1-10(2)9-18-16-14(17)13-5-3-4-11-8-15-7-6-12(11)13/h3-5,10,15H,6-9H2,1-2H3,(H,16,17). The predicted octanol–water partition coefficient (Wildman–Crippen LogP) is 1.65. The summed E-state index contributed by atoms with van der Waals surface area (Å²) in [4.78, 5) is 17.2. The number of carbonyl (C=O) groups excluding carboxylic acids is 1. The van der Waals surface area contributed by atoms with E-state index in [0.29, 0.717) is 12.5 Å². The average molecular weight is 248 g/mol. The lowest BCUT2D eigenvalue weighted by atomic mass is 9.95. The molecule has 0 unspecified atom stereocenters. The third-order valence-corrected chi connectivity index (χ3v) is 2.97. The number of hydrogen-bond donors (Lipinski definition) is 2. The van der Waals surface area contributed by atoms with Gasteiger partial charge in [-0.3, -0.25) is 9.63 Å². The van der Waals surface area contributed by atoms with Gasteiger partial charge in [0.15, 0.2) is 0 Å². The van der Waals surface area contributed by atoms with Crippen molar-refractivity contribution < 1.29 is 9.63 Å². The Kier molecular flexibility index (Phi) is 4.33. The molecule has 1 heterocycles. The lowest BCUT2D eigenvalue weighted by Gasteiger charge is -2.19. The Morgan fingerprint density at radius 1 is 1.50 bits per heavy atom. The molecule has 1 aliphatic heterocycles. The minimum absolute atomic E-state index is 0.144. The number of benzene rings is 1. The highest BCUT2D eigenvalue weighted by atomic mass is 16.6. The first-order valence-electron chi connectivity index (χ1n) is 6.42. The summed E-state index contributed by atoms with van der Waals surface area (Å²) < 4.78 is 0. The lowest BCUT2D eigenvalue weighted by molar-refractivity contribution is 0.0208. The Hall–Kier alpha value is -1.39. The zero-order valence-corrected chi connectivity index (χ0v) is 11.0. The van der Waals surface area contributed by atoms with Crippen LogP contribution < -0.4 is 10.8 Å². The molecular weight excluding hydrogens is 228 g/mol. The molecule has 2 rings (SSSR count). The van der Waals surface area contributed by atoms with Gasteiger partial charge in [-0.15, -0.1) is 0 Å². The Balaban J connectivity index is 2.06. The van der Waals surface area contributed by atoms with Gasteiger partial charge in [-0.2, -0.15) is 0 Å². The molecule has 0 aliphatic carbocycles. The minimum Gasteiger partial charge on any atom is -0.312 e. The van der Waals surface area contributed by atoms with Gasteiger partial charge in [0.1, 0.15) is 0 Å². The predicted molar refractivity (Wildman–Crippen MR) is 70.1 cm³/mol. The van der Waals surface area contributed by atoms with Crippen molar-refractivity contribution in [1.29, 1.82) is 0 Å². The van der Waals surface area contributed by atoms with Gasteiger partial charge in [0.25, 0.3) is 5.91 Å². The molecule has 18 heavy (non-hydrogen) atoms. The second-order valence-electron chi connectivity index (χ2n) is 5.01. The van der Waals surface area contributed by atoms with Crippen LogP contribution in [-0.2, 0) is 17.8 Å². The summed E-state index contributed by atoms with van der Waals surface area (Å²) in [6, 6.07) is 5.84. The molecule has 0 saturated heterocycles. The van der Waals surface area contributed by atoms with Crippen molar-refractivity contribution in [3.05, 3.63) is 34.9 Å². The van der Waals surface area contributed by atoms with Crippen molar-refractivity contribution in [2.75, 3.05) is 13.2 Å². The van der Waals surface area contributed by atoms with E-state index < -0.39 is 0 Å². The van der Waals surface area contributed by atoms with Crippen LogP contribution in [0.1, 0.15) is 35.3 Å². The fourth-order valence-electron chi connectivity index (χ4n) is 2.07. The van der Waals surface area contributed by atoms with Gasteiger partial charge in [-0.25, -0.2) is 5.48 Å². The normalized spacial score (nSPS) is 14.4. The molecule has 0 fully saturated rings. The molecule has 0 bridgehead atoms. The van der Waals surface area contributed by atoms with Crippen molar-refractivity contribution in [2.24, 2.45) is 5.92 Å². The average Bonchev–Trinajstić information content (AvgIpc) is 2.37. The van der Waals surface area contributed by atoms with Gasteiger partial charge in [-0.05, 0) is 36.1 Å². The van der Waals surface area contributed by atoms with E-state index in [9.17, 15) is 4.79 Å². The number of carbonyl (C=O) groups is 1. The maximum absolute atomic E-state index is 12.0.